The number of rotatable bonds is 3. The molecule has 0 saturated heterocycles. The molecule has 0 aliphatic carbocycles. The highest BCUT2D eigenvalue weighted by Crippen LogP contribution is 2.26. The van der Waals surface area contributed by atoms with E-state index in [-0.39, 0.29) is 11.8 Å². The number of hydrogen-bond donors (Lipinski definition) is 0. The second-order valence-electron chi connectivity index (χ2n) is 6.67. The summed E-state index contributed by atoms with van der Waals surface area (Å²) in [5.74, 6) is 0.127. The Balaban J connectivity index is 1.61. The number of hydrogen-bond acceptors (Lipinski definition) is 3. The number of aromatic nitrogens is 3. The lowest BCUT2D eigenvalue weighted by atomic mass is 9.94. The number of carbonyl (C=O) groups is 1. The van der Waals surface area contributed by atoms with Gasteiger partial charge in [0.05, 0.1) is 17.3 Å². The quantitative estimate of drug-likeness (QED) is 0.739. The summed E-state index contributed by atoms with van der Waals surface area (Å²) in [7, 11) is 0. The van der Waals surface area contributed by atoms with Gasteiger partial charge in [0.1, 0.15) is 0 Å². The molecule has 5 nitrogen and oxygen atoms in total. The van der Waals surface area contributed by atoms with E-state index in [1.165, 1.54) is 5.69 Å². The smallest absolute Gasteiger partial charge is 0.230 e. The fraction of sp³-hybridized carbons (Fsp3) is 0.350. The topological polar surface area (TPSA) is 50.5 Å². The Bertz CT molecular complexity index is 916. The number of amides is 1. The van der Waals surface area contributed by atoms with Crippen LogP contribution in [0.3, 0.4) is 0 Å². The third-order valence-corrected chi connectivity index (χ3v) is 4.99. The average molecular weight is 334 g/mol. The van der Waals surface area contributed by atoms with Crippen LogP contribution in [-0.2, 0) is 17.8 Å². The Morgan fingerprint density at radius 3 is 2.84 bits per heavy atom. The van der Waals surface area contributed by atoms with Gasteiger partial charge in [-0.05, 0) is 18.9 Å². The van der Waals surface area contributed by atoms with E-state index in [1.54, 1.807) is 0 Å². The van der Waals surface area contributed by atoms with Gasteiger partial charge in [0.2, 0.25) is 5.91 Å². The lowest BCUT2D eigenvalue weighted by Crippen LogP contribution is -2.39. The second-order valence-corrected chi connectivity index (χ2v) is 6.67. The Hall–Kier alpha value is -2.69. The predicted molar refractivity (Wildman–Crippen MR) is 96.3 cm³/mol. The molecule has 0 N–H and O–H groups in total. The van der Waals surface area contributed by atoms with E-state index < -0.39 is 0 Å². The molecule has 1 aromatic carbocycles. The Morgan fingerprint density at radius 1 is 1.28 bits per heavy atom. The third kappa shape index (κ3) is 2.80. The van der Waals surface area contributed by atoms with Gasteiger partial charge in [-0.3, -0.25) is 4.79 Å². The maximum Gasteiger partial charge on any atom is 0.230 e. The van der Waals surface area contributed by atoms with Crippen molar-refractivity contribution in [2.45, 2.75) is 39.2 Å². The molecule has 0 bridgehead atoms. The second kappa shape index (κ2) is 6.31. The van der Waals surface area contributed by atoms with Crippen molar-refractivity contribution in [1.82, 2.24) is 19.5 Å². The molecular formula is C20H22N4O. The van der Waals surface area contributed by atoms with E-state index in [0.29, 0.717) is 6.54 Å². The van der Waals surface area contributed by atoms with Crippen molar-refractivity contribution in [2.24, 2.45) is 0 Å². The van der Waals surface area contributed by atoms with Crippen LogP contribution in [-0.4, -0.2) is 31.9 Å². The van der Waals surface area contributed by atoms with Gasteiger partial charge in [0.25, 0.3) is 0 Å². The molecule has 25 heavy (non-hydrogen) atoms. The summed E-state index contributed by atoms with van der Waals surface area (Å²) in [6.45, 7) is 5.39. The summed E-state index contributed by atoms with van der Waals surface area (Å²) < 4.78 is 1.93. The molecule has 0 unspecified atom stereocenters. The van der Waals surface area contributed by atoms with Crippen LogP contribution < -0.4 is 0 Å². The molecule has 1 atom stereocenters. The number of nitrogens with zero attached hydrogens (tertiary/aromatic N) is 4. The SMILES string of the molecule is CC[C@H](C(=O)N1CCc2c(cnc3cc(C)nn23)C1)c1ccccc1. The zero-order valence-electron chi connectivity index (χ0n) is 14.6. The average Bonchev–Trinajstić information content (AvgIpc) is 3.03. The number of carbonyl (C=O) groups excluding carboxylic acids is 1. The van der Waals surface area contributed by atoms with Crippen molar-refractivity contribution in [2.75, 3.05) is 6.54 Å². The summed E-state index contributed by atoms with van der Waals surface area (Å²) >= 11 is 0. The summed E-state index contributed by atoms with van der Waals surface area (Å²) in [6.07, 6.45) is 3.52. The standard InChI is InChI=1S/C20H22N4O/c1-3-17(15-7-5-4-6-8-15)20(25)23-10-9-18-16(13-23)12-21-19-11-14(2)22-24(18)19/h4-8,11-12,17H,3,9-10,13H2,1-2H3/t17-/m0/s1. The molecule has 4 rings (SSSR count). The molecule has 1 aliphatic heterocycles. The Kier molecular flexibility index (Phi) is 3.99. The van der Waals surface area contributed by atoms with Crippen LogP contribution in [0.15, 0.2) is 42.6 Å². The first kappa shape index (κ1) is 15.8. The molecule has 0 radical (unpaired) electrons. The zero-order valence-corrected chi connectivity index (χ0v) is 14.6. The van der Waals surface area contributed by atoms with Gasteiger partial charge in [-0.2, -0.15) is 5.10 Å². The fourth-order valence-electron chi connectivity index (χ4n) is 3.70. The first-order chi connectivity index (χ1) is 12.2. The van der Waals surface area contributed by atoms with Crippen LogP contribution in [0.25, 0.3) is 5.65 Å². The third-order valence-electron chi connectivity index (χ3n) is 4.99. The molecule has 0 spiro atoms. The summed E-state index contributed by atoms with van der Waals surface area (Å²) in [5, 5.41) is 4.55. The van der Waals surface area contributed by atoms with Gasteiger partial charge in [-0.1, -0.05) is 37.3 Å². The van der Waals surface area contributed by atoms with Crippen molar-refractivity contribution in [1.29, 1.82) is 0 Å². The van der Waals surface area contributed by atoms with Gasteiger partial charge in [0.15, 0.2) is 5.65 Å². The molecule has 2 aromatic heterocycles. The van der Waals surface area contributed by atoms with E-state index in [9.17, 15) is 4.79 Å². The zero-order chi connectivity index (χ0) is 17.4. The van der Waals surface area contributed by atoms with Crippen LogP contribution in [0.2, 0.25) is 0 Å². The number of benzene rings is 1. The van der Waals surface area contributed by atoms with Gasteiger partial charge >= 0.3 is 0 Å². The molecule has 1 aliphatic rings. The molecule has 1 amide bonds. The monoisotopic (exact) mass is 334 g/mol. The van der Waals surface area contributed by atoms with Crippen molar-refractivity contribution in [3.8, 4) is 0 Å². The minimum atomic E-state index is -0.0774. The van der Waals surface area contributed by atoms with Gasteiger partial charge in [-0.25, -0.2) is 9.50 Å². The van der Waals surface area contributed by atoms with Crippen LogP contribution in [0.5, 0.6) is 0 Å². The van der Waals surface area contributed by atoms with E-state index in [2.05, 4.69) is 17.0 Å². The van der Waals surface area contributed by atoms with Gasteiger partial charge in [-0.15, -0.1) is 0 Å². The van der Waals surface area contributed by atoms with Crippen LogP contribution in [0.1, 0.15) is 41.8 Å². The van der Waals surface area contributed by atoms with Crippen molar-refractivity contribution < 1.29 is 4.79 Å². The summed E-state index contributed by atoms with van der Waals surface area (Å²) in [5.41, 5.74) is 5.21. The number of aryl methyl sites for hydroxylation is 1. The number of fused-ring (bicyclic) bond motifs is 3. The van der Waals surface area contributed by atoms with Crippen LogP contribution >= 0.6 is 0 Å². The highest BCUT2D eigenvalue weighted by Gasteiger charge is 2.28. The molecule has 3 aromatic rings. The van der Waals surface area contributed by atoms with E-state index in [1.807, 2.05) is 58.9 Å². The minimum absolute atomic E-state index is 0.0774. The highest BCUT2D eigenvalue weighted by molar-refractivity contribution is 5.84. The molecule has 5 heteroatoms. The molecule has 0 fully saturated rings. The highest BCUT2D eigenvalue weighted by atomic mass is 16.2. The van der Waals surface area contributed by atoms with Gasteiger partial charge < -0.3 is 4.90 Å². The minimum Gasteiger partial charge on any atom is -0.337 e. The van der Waals surface area contributed by atoms with Crippen LogP contribution in [0, 0.1) is 6.92 Å². The lowest BCUT2D eigenvalue weighted by molar-refractivity contribution is -0.133. The molecule has 3 heterocycles. The Morgan fingerprint density at radius 2 is 2.08 bits per heavy atom. The van der Waals surface area contributed by atoms with E-state index in [4.69, 9.17) is 0 Å². The fourth-order valence-corrected chi connectivity index (χ4v) is 3.70. The van der Waals surface area contributed by atoms with E-state index >= 15 is 0 Å². The molecule has 0 saturated carbocycles. The van der Waals surface area contributed by atoms with Gasteiger partial charge in [0, 0.05) is 37.3 Å². The van der Waals surface area contributed by atoms with Crippen molar-refractivity contribution in [3.63, 3.8) is 0 Å². The maximum absolute atomic E-state index is 13.1. The normalized spacial score (nSPS) is 15.2. The first-order valence-corrected chi connectivity index (χ1v) is 8.84. The Labute approximate surface area is 147 Å². The van der Waals surface area contributed by atoms with E-state index in [0.717, 1.165) is 41.9 Å². The maximum atomic E-state index is 13.1. The predicted octanol–water partition coefficient (Wildman–Crippen LogP) is 3.12. The molecule has 128 valence electrons. The molecular weight excluding hydrogens is 312 g/mol. The first-order valence-electron chi connectivity index (χ1n) is 8.84. The largest absolute Gasteiger partial charge is 0.337 e. The summed E-state index contributed by atoms with van der Waals surface area (Å²) in [6, 6.07) is 12.1. The lowest BCUT2D eigenvalue weighted by Gasteiger charge is -2.31. The summed E-state index contributed by atoms with van der Waals surface area (Å²) in [4.78, 5) is 19.6. The van der Waals surface area contributed by atoms with Crippen LogP contribution in [0.4, 0.5) is 0 Å². The van der Waals surface area contributed by atoms with Crippen molar-refractivity contribution >= 4 is 11.6 Å². The van der Waals surface area contributed by atoms with Crippen molar-refractivity contribution in [3.05, 3.63) is 65.1 Å².